The molecule has 0 spiro atoms. The van der Waals surface area contributed by atoms with E-state index in [1.165, 1.54) is 0 Å². The number of hydrogen-bond donors (Lipinski definition) is 1. The van der Waals surface area contributed by atoms with E-state index in [1.807, 2.05) is 13.8 Å². The van der Waals surface area contributed by atoms with E-state index in [0.717, 1.165) is 13.1 Å². The summed E-state index contributed by atoms with van der Waals surface area (Å²) in [5.41, 5.74) is -0.633. The van der Waals surface area contributed by atoms with Gasteiger partial charge in [-0.1, -0.05) is 13.8 Å². The Labute approximate surface area is 74.4 Å². The summed E-state index contributed by atoms with van der Waals surface area (Å²) in [5, 5.41) is 8.85. The third-order valence-electron chi connectivity index (χ3n) is 2.09. The van der Waals surface area contributed by atoms with Crippen LogP contribution >= 0.6 is 0 Å². The number of carboxylic acids is 1. The Morgan fingerprint density at radius 3 is 2.00 bits per heavy atom. The summed E-state index contributed by atoms with van der Waals surface area (Å²) in [4.78, 5) is 12.9. The monoisotopic (exact) mass is 173 g/mol. The SMILES string of the molecule is CCN(CC)CC(C)(C)C(=O)O. The summed E-state index contributed by atoms with van der Waals surface area (Å²) < 4.78 is 0. The molecule has 0 aromatic heterocycles. The normalized spacial score (nSPS) is 12.1. The van der Waals surface area contributed by atoms with Crippen molar-refractivity contribution in [2.75, 3.05) is 19.6 Å². The van der Waals surface area contributed by atoms with Crippen LogP contribution in [-0.2, 0) is 4.79 Å². The molecular formula is C9H19NO2. The third kappa shape index (κ3) is 3.22. The summed E-state index contributed by atoms with van der Waals surface area (Å²) in [5.74, 6) is -0.727. The second kappa shape index (κ2) is 4.45. The minimum atomic E-state index is -0.727. The van der Waals surface area contributed by atoms with Gasteiger partial charge in [0.1, 0.15) is 0 Å². The van der Waals surface area contributed by atoms with Crippen LogP contribution in [0, 0.1) is 5.41 Å². The fourth-order valence-electron chi connectivity index (χ4n) is 1.07. The molecule has 0 aromatic carbocycles. The van der Waals surface area contributed by atoms with Crippen molar-refractivity contribution in [2.24, 2.45) is 5.41 Å². The molecule has 0 saturated heterocycles. The lowest BCUT2D eigenvalue weighted by Gasteiger charge is -2.27. The van der Waals surface area contributed by atoms with Gasteiger partial charge >= 0.3 is 5.97 Å². The summed E-state index contributed by atoms with van der Waals surface area (Å²) in [6.45, 7) is 10.0. The minimum Gasteiger partial charge on any atom is -0.481 e. The largest absolute Gasteiger partial charge is 0.481 e. The van der Waals surface area contributed by atoms with Crippen molar-refractivity contribution in [2.45, 2.75) is 27.7 Å². The molecule has 12 heavy (non-hydrogen) atoms. The molecule has 3 nitrogen and oxygen atoms in total. The Morgan fingerprint density at radius 2 is 1.75 bits per heavy atom. The fraction of sp³-hybridized carbons (Fsp3) is 0.889. The van der Waals surface area contributed by atoms with Gasteiger partial charge in [-0.15, -0.1) is 0 Å². The van der Waals surface area contributed by atoms with Crippen LogP contribution in [-0.4, -0.2) is 35.6 Å². The zero-order valence-corrected chi connectivity index (χ0v) is 8.42. The minimum absolute atomic E-state index is 0.620. The lowest BCUT2D eigenvalue weighted by Crippen LogP contribution is -2.39. The molecule has 0 atom stereocenters. The number of aliphatic carboxylic acids is 1. The molecule has 0 aliphatic rings. The molecule has 0 rings (SSSR count). The van der Waals surface area contributed by atoms with E-state index in [1.54, 1.807) is 13.8 Å². The molecule has 0 aliphatic carbocycles. The third-order valence-corrected chi connectivity index (χ3v) is 2.09. The zero-order valence-electron chi connectivity index (χ0n) is 8.42. The van der Waals surface area contributed by atoms with E-state index in [4.69, 9.17) is 5.11 Å². The highest BCUT2D eigenvalue weighted by molar-refractivity contribution is 5.73. The lowest BCUT2D eigenvalue weighted by atomic mass is 9.93. The Bertz CT molecular complexity index is 151. The summed E-state index contributed by atoms with van der Waals surface area (Å²) in [6, 6.07) is 0. The first-order valence-electron chi connectivity index (χ1n) is 4.39. The molecule has 0 unspecified atom stereocenters. The van der Waals surface area contributed by atoms with Gasteiger partial charge in [-0.25, -0.2) is 0 Å². The zero-order chi connectivity index (χ0) is 9.78. The highest BCUT2D eigenvalue weighted by Gasteiger charge is 2.28. The van der Waals surface area contributed by atoms with Crippen molar-refractivity contribution in [3.05, 3.63) is 0 Å². The van der Waals surface area contributed by atoms with Gasteiger partial charge in [0.2, 0.25) is 0 Å². The smallest absolute Gasteiger partial charge is 0.310 e. The Morgan fingerprint density at radius 1 is 1.33 bits per heavy atom. The van der Waals surface area contributed by atoms with Gasteiger partial charge in [0, 0.05) is 6.54 Å². The van der Waals surface area contributed by atoms with Gasteiger partial charge < -0.3 is 10.0 Å². The van der Waals surface area contributed by atoms with Crippen molar-refractivity contribution >= 4 is 5.97 Å². The van der Waals surface area contributed by atoms with E-state index < -0.39 is 11.4 Å². The lowest BCUT2D eigenvalue weighted by molar-refractivity contribution is -0.147. The first-order valence-corrected chi connectivity index (χ1v) is 4.39. The number of nitrogens with zero attached hydrogens (tertiary/aromatic N) is 1. The van der Waals surface area contributed by atoms with Crippen LogP contribution in [0.15, 0.2) is 0 Å². The first-order chi connectivity index (χ1) is 5.44. The van der Waals surface area contributed by atoms with Crippen LogP contribution < -0.4 is 0 Å². The number of carboxylic acid groups (broad SMARTS) is 1. The van der Waals surface area contributed by atoms with Crippen molar-refractivity contribution in [1.29, 1.82) is 0 Å². The highest BCUT2D eigenvalue weighted by Crippen LogP contribution is 2.16. The summed E-state index contributed by atoms with van der Waals surface area (Å²) in [6.07, 6.45) is 0. The molecule has 0 heterocycles. The maximum atomic E-state index is 10.8. The highest BCUT2D eigenvalue weighted by atomic mass is 16.4. The summed E-state index contributed by atoms with van der Waals surface area (Å²) in [7, 11) is 0. The fourth-order valence-corrected chi connectivity index (χ4v) is 1.07. The molecule has 0 fully saturated rings. The van der Waals surface area contributed by atoms with Crippen molar-refractivity contribution in [3.8, 4) is 0 Å². The maximum Gasteiger partial charge on any atom is 0.310 e. The second-order valence-electron chi connectivity index (χ2n) is 3.65. The Kier molecular flexibility index (Phi) is 4.24. The van der Waals surface area contributed by atoms with Crippen LogP contribution in [0.25, 0.3) is 0 Å². The Balaban J connectivity index is 4.12. The van der Waals surface area contributed by atoms with E-state index in [9.17, 15) is 4.79 Å². The molecule has 0 bridgehead atoms. The quantitative estimate of drug-likeness (QED) is 0.684. The van der Waals surface area contributed by atoms with Gasteiger partial charge in [0.25, 0.3) is 0 Å². The first kappa shape index (κ1) is 11.4. The van der Waals surface area contributed by atoms with E-state index in [0.29, 0.717) is 6.54 Å². The number of rotatable bonds is 5. The molecule has 72 valence electrons. The molecule has 0 aliphatic heterocycles. The molecule has 0 saturated carbocycles. The van der Waals surface area contributed by atoms with Gasteiger partial charge in [-0.2, -0.15) is 0 Å². The molecule has 0 aromatic rings. The van der Waals surface area contributed by atoms with E-state index >= 15 is 0 Å². The average molecular weight is 173 g/mol. The van der Waals surface area contributed by atoms with Gasteiger partial charge in [0.05, 0.1) is 5.41 Å². The van der Waals surface area contributed by atoms with Crippen molar-refractivity contribution in [1.82, 2.24) is 4.90 Å². The Hall–Kier alpha value is -0.570. The van der Waals surface area contributed by atoms with E-state index in [2.05, 4.69) is 4.90 Å². The predicted molar refractivity (Wildman–Crippen MR) is 49.2 cm³/mol. The van der Waals surface area contributed by atoms with Crippen molar-refractivity contribution < 1.29 is 9.90 Å². The van der Waals surface area contributed by atoms with Crippen LogP contribution in [0.4, 0.5) is 0 Å². The number of hydrogen-bond acceptors (Lipinski definition) is 2. The molecule has 0 amide bonds. The average Bonchev–Trinajstić information content (AvgIpc) is 2.00. The number of carbonyl (C=O) groups is 1. The van der Waals surface area contributed by atoms with Crippen LogP contribution in [0.5, 0.6) is 0 Å². The maximum absolute atomic E-state index is 10.8. The van der Waals surface area contributed by atoms with Crippen LogP contribution in [0.3, 0.4) is 0 Å². The van der Waals surface area contributed by atoms with Crippen LogP contribution in [0.1, 0.15) is 27.7 Å². The van der Waals surface area contributed by atoms with Crippen LogP contribution in [0.2, 0.25) is 0 Å². The van der Waals surface area contributed by atoms with Gasteiger partial charge in [-0.05, 0) is 26.9 Å². The van der Waals surface area contributed by atoms with E-state index in [-0.39, 0.29) is 0 Å². The second-order valence-corrected chi connectivity index (χ2v) is 3.65. The van der Waals surface area contributed by atoms with Gasteiger partial charge in [0.15, 0.2) is 0 Å². The molecule has 3 heteroatoms. The molecule has 0 radical (unpaired) electrons. The predicted octanol–water partition coefficient (Wildman–Crippen LogP) is 1.44. The van der Waals surface area contributed by atoms with Crippen molar-refractivity contribution in [3.63, 3.8) is 0 Å². The standard InChI is InChI=1S/C9H19NO2/c1-5-10(6-2)7-9(3,4)8(11)12/h5-7H2,1-4H3,(H,11,12). The summed E-state index contributed by atoms with van der Waals surface area (Å²) >= 11 is 0. The molecule has 1 N–H and O–H groups in total. The van der Waals surface area contributed by atoms with Gasteiger partial charge in [-0.3, -0.25) is 4.79 Å². The molecular weight excluding hydrogens is 154 g/mol. The topological polar surface area (TPSA) is 40.5 Å².